The first-order valence-electron chi connectivity index (χ1n) is 19.3. The Morgan fingerprint density at radius 3 is 1.43 bits per heavy atom. The highest BCUT2D eigenvalue weighted by molar-refractivity contribution is 6.07. The van der Waals surface area contributed by atoms with E-state index in [1.807, 2.05) is 0 Å². The lowest BCUT2D eigenvalue weighted by Crippen LogP contribution is -2.26. The Hall–Kier alpha value is -5.92. The number of benzene rings is 8. The van der Waals surface area contributed by atoms with Crippen molar-refractivity contribution in [3.8, 4) is 22.3 Å². The molecule has 0 N–H and O–H groups in total. The van der Waals surface area contributed by atoms with Crippen LogP contribution >= 0.6 is 0 Å². The van der Waals surface area contributed by atoms with Gasteiger partial charge in [-0.25, -0.2) is 0 Å². The van der Waals surface area contributed by atoms with Gasteiger partial charge in [0.25, 0.3) is 0 Å². The van der Waals surface area contributed by atoms with E-state index < -0.39 is 5.41 Å². The van der Waals surface area contributed by atoms with E-state index in [4.69, 9.17) is 0 Å². The maximum Gasteiger partial charge on any atom is 0.0731 e. The van der Waals surface area contributed by atoms with Crippen molar-refractivity contribution in [3.63, 3.8) is 0 Å². The molecule has 1 nitrogen and oxygen atoms in total. The number of hydrogen-bond donors (Lipinski definition) is 0. The second kappa shape index (κ2) is 11.5. The molecular formula is C53H45N. The molecule has 8 aromatic carbocycles. The van der Waals surface area contributed by atoms with Crippen LogP contribution in [0.5, 0.6) is 0 Å². The van der Waals surface area contributed by atoms with Crippen molar-refractivity contribution in [1.29, 1.82) is 0 Å². The van der Waals surface area contributed by atoms with Crippen LogP contribution in [0.3, 0.4) is 0 Å². The molecule has 1 spiro atoms. The van der Waals surface area contributed by atoms with Gasteiger partial charge in [0, 0.05) is 17.1 Å². The first-order chi connectivity index (χ1) is 26.0. The fourth-order valence-electron chi connectivity index (χ4n) is 9.46. The van der Waals surface area contributed by atoms with Crippen molar-refractivity contribution < 1.29 is 0 Å². The lowest BCUT2D eigenvalue weighted by atomic mass is 9.69. The minimum absolute atomic E-state index is 0.0813. The van der Waals surface area contributed by atoms with Crippen LogP contribution in [0.2, 0.25) is 0 Å². The third kappa shape index (κ3) is 4.70. The van der Waals surface area contributed by atoms with E-state index in [9.17, 15) is 0 Å². The average molecular weight is 696 g/mol. The van der Waals surface area contributed by atoms with Gasteiger partial charge in [-0.15, -0.1) is 0 Å². The van der Waals surface area contributed by atoms with Gasteiger partial charge in [0.05, 0.1) is 5.41 Å². The normalized spacial score (nSPS) is 13.9. The highest BCUT2D eigenvalue weighted by Crippen LogP contribution is 2.64. The predicted molar refractivity (Wildman–Crippen MR) is 230 cm³/mol. The summed E-state index contributed by atoms with van der Waals surface area (Å²) in [5, 5.41) is 5.10. The molecule has 0 bridgehead atoms. The second-order valence-electron chi connectivity index (χ2n) is 17.4. The van der Waals surface area contributed by atoms with E-state index >= 15 is 0 Å². The van der Waals surface area contributed by atoms with Crippen LogP contribution in [0.1, 0.15) is 74.9 Å². The number of nitrogens with zero attached hydrogens (tertiary/aromatic N) is 1. The van der Waals surface area contributed by atoms with Crippen LogP contribution in [0.15, 0.2) is 164 Å². The first kappa shape index (κ1) is 32.7. The van der Waals surface area contributed by atoms with Crippen LogP contribution in [0, 0.1) is 0 Å². The van der Waals surface area contributed by atoms with Crippen LogP contribution in [0.4, 0.5) is 17.1 Å². The van der Waals surface area contributed by atoms with Gasteiger partial charge in [0.1, 0.15) is 0 Å². The Bertz CT molecular complexity index is 2670. The lowest BCUT2D eigenvalue weighted by molar-refractivity contribution is 0.590. The summed E-state index contributed by atoms with van der Waals surface area (Å²) in [5.41, 5.74) is 16.7. The quantitative estimate of drug-likeness (QED) is 0.178. The van der Waals surface area contributed by atoms with Crippen LogP contribution in [-0.2, 0) is 16.2 Å². The number of anilines is 3. The molecule has 0 aliphatic heterocycles. The molecule has 8 aromatic rings. The van der Waals surface area contributed by atoms with Gasteiger partial charge < -0.3 is 4.90 Å². The standard InChI is InChI=1S/C53H45N/c1-51(2,3)37-20-24-39(25-21-37)54(40-26-22-38(23-27-40)52(4,5)6)41-28-30-42-36(31-41)19-29-45-46-32-34-13-7-8-14-35(34)33-49(46)53(50(42)45)47-17-11-9-15-43(47)44-16-10-12-18-48(44)53/h7-33H,1-6H3. The molecule has 54 heavy (non-hydrogen) atoms. The largest absolute Gasteiger partial charge is 0.310 e. The molecule has 0 amide bonds. The van der Waals surface area contributed by atoms with E-state index in [1.54, 1.807) is 0 Å². The van der Waals surface area contributed by atoms with E-state index in [0.29, 0.717) is 0 Å². The van der Waals surface area contributed by atoms with Crippen LogP contribution in [-0.4, -0.2) is 0 Å². The molecule has 0 saturated heterocycles. The summed E-state index contributed by atoms with van der Waals surface area (Å²) in [7, 11) is 0. The van der Waals surface area contributed by atoms with Crippen molar-refractivity contribution in [2.45, 2.75) is 57.8 Å². The minimum Gasteiger partial charge on any atom is -0.310 e. The zero-order chi connectivity index (χ0) is 37.0. The molecule has 0 atom stereocenters. The topological polar surface area (TPSA) is 3.24 Å². The molecule has 0 fully saturated rings. The Labute approximate surface area is 319 Å². The fourth-order valence-corrected chi connectivity index (χ4v) is 9.46. The van der Waals surface area contributed by atoms with E-state index in [0.717, 1.165) is 17.1 Å². The molecule has 0 aromatic heterocycles. The fraction of sp³-hybridized carbons (Fsp3) is 0.170. The first-order valence-corrected chi connectivity index (χ1v) is 19.3. The Kier molecular flexibility index (Phi) is 6.99. The predicted octanol–water partition coefficient (Wildman–Crippen LogP) is 14.4. The van der Waals surface area contributed by atoms with Crippen molar-refractivity contribution in [2.75, 3.05) is 4.90 Å². The van der Waals surface area contributed by atoms with Gasteiger partial charge in [-0.2, -0.15) is 0 Å². The van der Waals surface area contributed by atoms with Gasteiger partial charge >= 0.3 is 0 Å². The Balaban J connectivity index is 1.23. The van der Waals surface area contributed by atoms with E-state index in [2.05, 4.69) is 210 Å². The summed E-state index contributed by atoms with van der Waals surface area (Å²) in [4.78, 5) is 2.42. The number of fused-ring (bicyclic) bond motifs is 13. The Morgan fingerprint density at radius 1 is 0.370 bits per heavy atom. The zero-order valence-electron chi connectivity index (χ0n) is 32.0. The molecule has 262 valence electrons. The summed E-state index contributed by atoms with van der Waals surface area (Å²) >= 11 is 0. The summed E-state index contributed by atoms with van der Waals surface area (Å²) in [6.45, 7) is 13.7. The van der Waals surface area contributed by atoms with Gasteiger partial charge in [0.15, 0.2) is 0 Å². The van der Waals surface area contributed by atoms with E-state index in [1.165, 1.54) is 77.2 Å². The van der Waals surface area contributed by atoms with Crippen molar-refractivity contribution in [3.05, 3.63) is 197 Å². The van der Waals surface area contributed by atoms with E-state index in [-0.39, 0.29) is 10.8 Å². The monoisotopic (exact) mass is 695 g/mol. The molecule has 0 heterocycles. The smallest absolute Gasteiger partial charge is 0.0731 e. The molecule has 0 radical (unpaired) electrons. The van der Waals surface area contributed by atoms with Crippen molar-refractivity contribution in [1.82, 2.24) is 0 Å². The third-order valence-corrected chi connectivity index (χ3v) is 12.2. The minimum atomic E-state index is -0.422. The van der Waals surface area contributed by atoms with Gasteiger partial charge in [0.2, 0.25) is 0 Å². The van der Waals surface area contributed by atoms with Crippen LogP contribution in [0.25, 0.3) is 43.8 Å². The van der Waals surface area contributed by atoms with Crippen molar-refractivity contribution >= 4 is 38.6 Å². The molecule has 1 heteroatoms. The molecule has 10 rings (SSSR count). The van der Waals surface area contributed by atoms with Gasteiger partial charge in [-0.05, 0) is 137 Å². The zero-order valence-corrected chi connectivity index (χ0v) is 32.0. The molecule has 2 aliphatic carbocycles. The molecule has 0 saturated carbocycles. The lowest BCUT2D eigenvalue weighted by Gasteiger charge is -2.32. The summed E-state index contributed by atoms with van der Waals surface area (Å²) in [6, 6.07) is 62.2. The average Bonchev–Trinajstić information content (AvgIpc) is 3.63. The second-order valence-corrected chi connectivity index (χ2v) is 17.4. The maximum atomic E-state index is 2.48. The van der Waals surface area contributed by atoms with Gasteiger partial charge in [-0.1, -0.05) is 157 Å². The molecular weight excluding hydrogens is 651 g/mol. The summed E-state index contributed by atoms with van der Waals surface area (Å²) in [5.74, 6) is 0. The number of hydrogen-bond acceptors (Lipinski definition) is 1. The highest BCUT2D eigenvalue weighted by Gasteiger charge is 2.52. The molecule has 2 aliphatic rings. The summed E-state index contributed by atoms with van der Waals surface area (Å²) < 4.78 is 0. The third-order valence-electron chi connectivity index (χ3n) is 12.2. The van der Waals surface area contributed by atoms with Crippen molar-refractivity contribution in [2.24, 2.45) is 0 Å². The summed E-state index contributed by atoms with van der Waals surface area (Å²) in [6.07, 6.45) is 0. The highest BCUT2D eigenvalue weighted by atomic mass is 15.1. The SMILES string of the molecule is CC(C)(C)c1ccc(N(c2ccc(C(C)(C)C)cc2)c2ccc3c4c(ccc3c2)-c2cc3ccccc3cc2C42c3ccccc3-c3ccccc32)cc1. The number of rotatable bonds is 3. The molecule has 0 unspecified atom stereocenters. The van der Waals surface area contributed by atoms with Crippen LogP contribution < -0.4 is 4.90 Å². The van der Waals surface area contributed by atoms with Gasteiger partial charge in [-0.3, -0.25) is 0 Å². The maximum absolute atomic E-state index is 2.48. The Morgan fingerprint density at radius 2 is 0.870 bits per heavy atom.